The van der Waals surface area contributed by atoms with E-state index in [1.54, 1.807) is 0 Å². The summed E-state index contributed by atoms with van der Waals surface area (Å²) in [5, 5.41) is 10.3. The van der Waals surface area contributed by atoms with Gasteiger partial charge in [-0.05, 0) is 25.0 Å². The van der Waals surface area contributed by atoms with Gasteiger partial charge in [0.05, 0.1) is 5.69 Å². The third-order valence-corrected chi connectivity index (χ3v) is 2.63. The molecular weight excluding hydrogens is 212 g/mol. The Balaban J connectivity index is 2.08. The minimum absolute atomic E-state index is 0.0110. The van der Waals surface area contributed by atoms with E-state index in [1.807, 2.05) is 4.90 Å². The van der Waals surface area contributed by atoms with Crippen LogP contribution in [0.25, 0.3) is 0 Å². The standard InChI is InChI=1S/C11H13F2N3/c12-8-4-3-5-9(10(8)13)15-11(14)16-6-1-2-7-16/h3-5H,1-2,6-7H2,(H2,14,15). The van der Waals surface area contributed by atoms with Crippen molar-refractivity contribution in [2.75, 3.05) is 18.4 Å². The predicted molar refractivity (Wildman–Crippen MR) is 58.5 cm³/mol. The molecule has 1 aromatic carbocycles. The van der Waals surface area contributed by atoms with Gasteiger partial charge in [0.2, 0.25) is 0 Å². The van der Waals surface area contributed by atoms with Gasteiger partial charge in [-0.15, -0.1) is 0 Å². The van der Waals surface area contributed by atoms with Crippen molar-refractivity contribution in [1.29, 1.82) is 5.41 Å². The lowest BCUT2D eigenvalue weighted by molar-refractivity contribution is 0.504. The molecule has 0 aromatic heterocycles. The number of nitrogens with zero attached hydrogens (tertiary/aromatic N) is 1. The number of hydrogen-bond acceptors (Lipinski definition) is 1. The summed E-state index contributed by atoms with van der Waals surface area (Å²) in [4.78, 5) is 1.81. The van der Waals surface area contributed by atoms with Crippen LogP contribution in [0.15, 0.2) is 18.2 Å². The zero-order valence-corrected chi connectivity index (χ0v) is 8.76. The first-order valence-corrected chi connectivity index (χ1v) is 5.23. The topological polar surface area (TPSA) is 39.1 Å². The monoisotopic (exact) mass is 225 g/mol. The Hall–Kier alpha value is -1.65. The molecule has 0 radical (unpaired) electrons. The number of benzene rings is 1. The number of halogens is 2. The van der Waals surface area contributed by atoms with Gasteiger partial charge in [-0.1, -0.05) is 6.07 Å². The smallest absolute Gasteiger partial charge is 0.195 e. The van der Waals surface area contributed by atoms with Crippen LogP contribution in [-0.2, 0) is 0 Å². The molecule has 86 valence electrons. The molecule has 0 aliphatic carbocycles. The highest BCUT2D eigenvalue weighted by molar-refractivity contribution is 5.91. The highest BCUT2D eigenvalue weighted by Gasteiger charge is 2.16. The third-order valence-electron chi connectivity index (χ3n) is 2.63. The fourth-order valence-corrected chi connectivity index (χ4v) is 1.75. The number of guanidine groups is 1. The summed E-state index contributed by atoms with van der Waals surface area (Å²) < 4.78 is 26.2. The third kappa shape index (κ3) is 2.13. The summed E-state index contributed by atoms with van der Waals surface area (Å²) in [5.74, 6) is -1.72. The number of likely N-dealkylation sites (tertiary alicyclic amines) is 1. The maximum atomic E-state index is 13.3. The van der Waals surface area contributed by atoms with Gasteiger partial charge in [0, 0.05) is 13.1 Å². The van der Waals surface area contributed by atoms with Crippen molar-refractivity contribution in [3.8, 4) is 0 Å². The molecule has 1 heterocycles. The average Bonchev–Trinajstić information content (AvgIpc) is 2.78. The van der Waals surface area contributed by atoms with Gasteiger partial charge in [-0.2, -0.15) is 0 Å². The second-order valence-electron chi connectivity index (χ2n) is 3.77. The van der Waals surface area contributed by atoms with Crippen LogP contribution in [0.5, 0.6) is 0 Å². The van der Waals surface area contributed by atoms with E-state index in [0.717, 1.165) is 32.0 Å². The summed E-state index contributed by atoms with van der Waals surface area (Å²) in [6.45, 7) is 1.59. The summed E-state index contributed by atoms with van der Waals surface area (Å²) in [6, 6.07) is 3.89. The van der Waals surface area contributed by atoms with Gasteiger partial charge >= 0.3 is 0 Å². The van der Waals surface area contributed by atoms with E-state index in [1.165, 1.54) is 12.1 Å². The minimum atomic E-state index is -0.938. The highest BCUT2D eigenvalue weighted by atomic mass is 19.2. The van der Waals surface area contributed by atoms with E-state index < -0.39 is 11.6 Å². The Morgan fingerprint density at radius 3 is 2.62 bits per heavy atom. The first kappa shape index (κ1) is 10.9. The van der Waals surface area contributed by atoms with Crippen molar-refractivity contribution in [1.82, 2.24) is 4.90 Å². The van der Waals surface area contributed by atoms with E-state index in [0.29, 0.717) is 0 Å². The molecule has 0 bridgehead atoms. The molecule has 16 heavy (non-hydrogen) atoms. The molecule has 0 unspecified atom stereocenters. The summed E-state index contributed by atoms with van der Waals surface area (Å²) >= 11 is 0. The molecule has 3 nitrogen and oxygen atoms in total. The second-order valence-corrected chi connectivity index (χ2v) is 3.77. The Morgan fingerprint density at radius 2 is 1.94 bits per heavy atom. The SMILES string of the molecule is N=C(Nc1cccc(F)c1F)N1CCCC1. The molecule has 0 amide bonds. The van der Waals surface area contributed by atoms with Crippen molar-refractivity contribution in [2.24, 2.45) is 0 Å². The Kier molecular flexibility index (Phi) is 3.03. The van der Waals surface area contributed by atoms with Crippen molar-refractivity contribution in [3.63, 3.8) is 0 Å². The van der Waals surface area contributed by atoms with Crippen molar-refractivity contribution < 1.29 is 8.78 Å². The Labute approximate surface area is 92.6 Å². The molecular formula is C11H13F2N3. The van der Waals surface area contributed by atoms with Crippen molar-refractivity contribution in [3.05, 3.63) is 29.8 Å². The molecule has 1 saturated heterocycles. The molecule has 2 N–H and O–H groups in total. The summed E-state index contributed by atoms with van der Waals surface area (Å²) in [7, 11) is 0. The van der Waals surface area contributed by atoms with Crippen molar-refractivity contribution >= 4 is 11.6 Å². The van der Waals surface area contributed by atoms with E-state index in [4.69, 9.17) is 5.41 Å². The van der Waals surface area contributed by atoms with Crippen LogP contribution in [0.1, 0.15) is 12.8 Å². The van der Waals surface area contributed by atoms with Crippen LogP contribution < -0.4 is 5.32 Å². The quantitative estimate of drug-likeness (QED) is 0.569. The van der Waals surface area contributed by atoms with Gasteiger partial charge in [0.25, 0.3) is 0 Å². The molecule has 1 aromatic rings. The van der Waals surface area contributed by atoms with Gasteiger partial charge < -0.3 is 10.2 Å². The van der Waals surface area contributed by atoms with Crippen LogP contribution in [0.3, 0.4) is 0 Å². The minimum Gasteiger partial charge on any atom is -0.343 e. The van der Waals surface area contributed by atoms with E-state index >= 15 is 0 Å². The highest BCUT2D eigenvalue weighted by Crippen LogP contribution is 2.17. The summed E-state index contributed by atoms with van der Waals surface area (Å²) in [5.41, 5.74) is 0.0110. The molecule has 5 heteroatoms. The van der Waals surface area contributed by atoms with Crippen LogP contribution in [-0.4, -0.2) is 23.9 Å². The first-order chi connectivity index (χ1) is 7.68. The maximum absolute atomic E-state index is 13.3. The van der Waals surface area contributed by atoms with Gasteiger partial charge in [0.15, 0.2) is 17.6 Å². The Bertz CT molecular complexity index is 400. The molecule has 1 aliphatic heterocycles. The first-order valence-electron chi connectivity index (χ1n) is 5.23. The van der Waals surface area contributed by atoms with E-state index in [9.17, 15) is 8.78 Å². The van der Waals surface area contributed by atoms with Crippen LogP contribution in [0.2, 0.25) is 0 Å². The lowest BCUT2D eigenvalue weighted by Crippen LogP contribution is -2.33. The number of anilines is 1. The molecule has 0 saturated carbocycles. The van der Waals surface area contributed by atoms with Crippen LogP contribution >= 0.6 is 0 Å². The van der Waals surface area contributed by atoms with E-state index in [-0.39, 0.29) is 11.6 Å². The fourth-order valence-electron chi connectivity index (χ4n) is 1.75. The molecule has 0 atom stereocenters. The molecule has 1 fully saturated rings. The maximum Gasteiger partial charge on any atom is 0.195 e. The number of hydrogen-bond donors (Lipinski definition) is 2. The fraction of sp³-hybridized carbons (Fsp3) is 0.364. The van der Waals surface area contributed by atoms with Gasteiger partial charge in [0.1, 0.15) is 0 Å². The molecule has 1 aliphatic rings. The number of rotatable bonds is 1. The van der Waals surface area contributed by atoms with E-state index in [2.05, 4.69) is 5.32 Å². The zero-order valence-electron chi connectivity index (χ0n) is 8.76. The second kappa shape index (κ2) is 4.47. The van der Waals surface area contributed by atoms with Crippen LogP contribution in [0.4, 0.5) is 14.5 Å². The average molecular weight is 225 g/mol. The normalized spacial score (nSPS) is 15.2. The van der Waals surface area contributed by atoms with Gasteiger partial charge in [-0.25, -0.2) is 8.78 Å². The number of nitrogens with one attached hydrogen (secondary N) is 2. The summed E-state index contributed by atoms with van der Waals surface area (Å²) in [6.07, 6.45) is 2.07. The van der Waals surface area contributed by atoms with Gasteiger partial charge in [-0.3, -0.25) is 5.41 Å². The van der Waals surface area contributed by atoms with Crippen molar-refractivity contribution in [2.45, 2.75) is 12.8 Å². The molecule has 2 rings (SSSR count). The zero-order chi connectivity index (χ0) is 11.5. The lowest BCUT2D eigenvalue weighted by Gasteiger charge is -2.19. The molecule has 0 spiro atoms. The largest absolute Gasteiger partial charge is 0.343 e. The Morgan fingerprint density at radius 1 is 1.25 bits per heavy atom. The lowest BCUT2D eigenvalue weighted by atomic mass is 10.3. The van der Waals surface area contributed by atoms with Crippen LogP contribution in [0, 0.1) is 17.0 Å². The predicted octanol–water partition coefficient (Wildman–Crippen LogP) is 2.41.